The molecule has 25 rings (SSSR count). The lowest BCUT2D eigenvalue weighted by Crippen LogP contribution is -2.06. The average Bonchev–Trinajstić information content (AvgIpc) is 1.53. The fraction of sp³-hybridized carbons (Fsp3) is 0. The summed E-state index contributed by atoms with van der Waals surface area (Å²) in [5.74, 6) is 6.74. The van der Waals surface area contributed by atoms with Gasteiger partial charge < -0.3 is 9.13 Å². The van der Waals surface area contributed by atoms with E-state index in [-0.39, 0.29) is 0 Å². The Morgan fingerprint density at radius 2 is 0.329 bits per heavy atom. The summed E-state index contributed by atoms with van der Waals surface area (Å²) in [6.07, 6.45) is 0. The van der Waals surface area contributed by atoms with Gasteiger partial charge in [0, 0.05) is 105 Å². The van der Waals surface area contributed by atoms with Gasteiger partial charge in [0.2, 0.25) is 0 Å². The van der Waals surface area contributed by atoms with Crippen molar-refractivity contribution in [2.24, 2.45) is 0 Å². The summed E-state index contributed by atoms with van der Waals surface area (Å²) < 4.78 is 4.52. The maximum absolute atomic E-state index is 10.7. The highest BCUT2D eigenvalue weighted by Crippen LogP contribution is 2.46. The molecule has 0 bridgehead atoms. The van der Waals surface area contributed by atoms with Crippen molar-refractivity contribution in [1.29, 1.82) is 15.8 Å². The van der Waals surface area contributed by atoms with Gasteiger partial charge in [-0.2, -0.15) is 15.8 Å². The van der Waals surface area contributed by atoms with Crippen LogP contribution in [0.25, 0.3) is 259 Å². The quantitative estimate of drug-likeness (QED) is 0.0685. The van der Waals surface area contributed by atoms with Gasteiger partial charge in [-0.3, -0.25) is 0 Å². The average molecular weight is 1870 g/mol. The van der Waals surface area contributed by atoms with E-state index < -0.39 is 0 Å². The third-order valence-electron chi connectivity index (χ3n) is 26.1. The number of fused-ring (bicyclic) bond motifs is 6. The molecule has 0 aliphatic carbocycles. The monoisotopic (exact) mass is 1870 g/mol. The molecule has 146 heavy (non-hydrogen) atoms. The minimum Gasteiger partial charge on any atom is -0.308 e. The van der Waals surface area contributed by atoms with E-state index in [9.17, 15) is 15.8 Å². The lowest BCUT2D eigenvalue weighted by molar-refractivity contribution is 1.06. The van der Waals surface area contributed by atoms with E-state index in [1.165, 1.54) is 0 Å². The van der Waals surface area contributed by atoms with Crippen LogP contribution in [-0.4, -0.2) is 83.9 Å². The van der Waals surface area contributed by atoms with Gasteiger partial charge in [-0.15, -0.1) is 0 Å². The SMILES string of the molecule is N#Cc1ccc(-c2cccc(-c3nc(-c4ccc(-c5cccc(C#N)c5)cc4-n4c5ccc(-c6nc(-c7ccccc7)nc(-c7ccccc7)n6)cc5c5cc(-c6nc(-c7ccccc7)nc(-c7ccccc7)n6)ccc54)nc(-c4ccc(-c5cccc(C#N)c5)cc4-n4c5ccc(-c6nc(-c7ccccc7)nc(-c7ccccc7)n6)cc5c5cc(-c6nc(-c7ccccc7)nc(-c7ccccc7)n6)ccc54)n3)c2)cc1. The summed E-state index contributed by atoms with van der Waals surface area (Å²) in [5.41, 5.74) is 22.1. The molecule has 678 valence electrons. The van der Waals surface area contributed by atoms with Gasteiger partial charge in [-0.25, -0.2) is 74.8 Å². The van der Waals surface area contributed by atoms with Crippen LogP contribution in [0, 0.1) is 34.0 Å². The fourth-order valence-electron chi connectivity index (χ4n) is 18.9. The zero-order valence-electron chi connectivity index (χ0n) is 77.7. The summed E-state index contributed by atoms with van der Waals surface area (Å²) in [6.45, 7) is 0. The van der Waals surface area contributed by atoms with Crippen molar-refractivity contribution >= 4 is 43.6 Å². The Balaban J connectivity index is 0.759. The second kappa shape index (κ2) is 37.4. The molecule has 0 N–H and O–H groups in total. The molecule has 7 aromatic heterocycles. The molecule has 0 aliphatic rings. The fourth-order valence-corrected chi connectivity index (χ4v) is 18.9. The largest absolute Gasteiger partial charge is 0.308 e. The number of benzene rings is 18. The molecule has 0 fully saturated rings. The van der Waals surface area contributed by atoms with E-state index in [2.05, 4.69) is 143 Å². The number of nitriles is 3. The molecular weight excluding hydrogens is 1790 g/mol. The maximum atomic E-state index is 10.7. The molecule has 20 nitrogen and oxygen atoms in total. The van der Waals surface area contributed by atoms with E-state index in [0.29, 0.717) is 154 Å². The minimum absolute atomic E-state index is 0.293. The van der Waals surface area contributed by atoms with Crippen molar-refractivity contribution in [2.45, 2.75) is 0 Å². The molecule has 0 radical (unpaired) electrons. The number of rotatable bonds is 20. The van der Waals surface area contributed by atoms with Crippen LogP contribution in [0.5, 0.6) is 0 Å². The Morgan fingerprint density at radius 1 is 0.137 bits per heavy atom. The summed E-state index contributed by atoms with van der Waals surface area (Å²) >= 11 is 0. The molecule has 0 saturated heterocycles. The molecule has 7 heterocycles. The highest BCUT2D eigenvalue weighted by atomic mass is 15.1. The van der Waals surface area contributed by atoms with E-state index in [1.54, 1.807) is 12.1 Å². The van der Waals surface area contributed by atoms with Crippen molar-refractivity contribution < 1.29 is 0 Å². The Labute approximate surface area is 837 Å². The van der Waals surface area contributed by atoms with Crippen LogP contribution in [0.3, 0.4) is 0 Å². The smallest absolute Gasteiger partial charge is 0.166 e. The zero-order chi connectivity index (χ0) is 97.5. The summed E-state index contributed by atoms with van der Waals surface area (Å²) in [4.78, 5) is 80.6. The molecule has 0 unspecified atom stereocenters. The molecule has 25 aromatic rings. The lowest BCUT2D eigenvalue weighted by Gasteiger charge is -2.18. The molecule has 18 aromatic carbocycles. The maximum Gasteiger partial charge on any atom is 0.166 e. The van der Waals surface area contributed by atoms with Gasteiger partial charge in [0.25, 0.3) is 0 Å². The van der Waals surface area contributed by atoms with Gasteiger partial charge in [-0.05, 0) is 173 Å². The number of hydrogen-bond donors (Lipinski definition) is 0. The predicted molar refractivity (Wildman–Crippen MR) is 574 cm³/mol. The van der Waals surface area contributed by atoms with E-state index in [0.717, 1.165) is 122 Å². The van der Waals surface area contributed by atoms with E-state index in [4.69, 9.17) is 74.8 Å². The summed E-state index contributed by atoms with van der Waals surface area (Å²) in [5, 5.41) is 34.8. The van der Waals surface area contributed by atoms with Crippen molar-refractivity contribution in [3.8, 4) is 234 Å². The van der Waals surface area contributed by atoms with Crippen LogP contribution in [0.15, 0.2) is 449 Å². The number of hydrogen-bond acceptors (Lipinski definition) is 18. The van der Waals surface area contributed by atoms with Crippen LogP contribution in [0.2, 0.25) is 0 Å². The molecule has 0 spiro atoms. The zero-order valence-corrected chi connectivity index (χ0v) is 77.7. The number of aromatic nitrogens is 17. The first-order chi connectivity index (χ1) is 72.1. The van der Waals surface area contributed by atoms with Gasteiger partial charge in [0.1, 0.15) is 0 Å². The molecule has 0 saturated carbocycles. The minimum atomic E-state index is 0.293. The van der Waals surface area contributed by atoms with Gasteiger partial charge in [-0.1, -0.05) is 309 Å². The first-order valence-corrected chi connectivity index (χ1v) is 47.5. The second-order valence-corrected chi connectivity index (χ2v) is 35.2. The highest BCUT2D eigenvalue weighted by Gasteiger charge is 2.29. The summed E-state index contributed by atoms with van der Waals surface area (Å²) in [7, 11) is 0. The Bertz CT molecular complexity index is 8470. The first-order valence-electron chi connectivity index (χ1n) is 47.5. The third kappa shape index (κ3) is 16.7. The van der Waals surface area contributed by atoms with E-state index >= 15 is 0 Å². The van der Waals surface area contributed by atoms with E-state index in [1.807, 2.05) is 322 Å². The highest BCUT2D eigenvalue weighted by molar-refractivity contribution is 6.14. The first kappa shape index (κ1) is 86.6. The normalized spacial score (nSPS) is 11.3. The van der Waals surface area contributed by atoms with Crippen molar-refractivity contribution in [2.75, 3.05) is 0 Å². The standard InChI is InChI=1S/C126H74N20/c127-75-78-50-52-81(53-51-78)92-48-27-49-95(68-92)120-142-125(100-60-54-93(90-46-25-28-79(66-90)76-128)73-110(100)145-106-62-56-96(121-134-112(82-30-9-1-10-31-82)130-113(135-121)83-32-11-2-12-33-83)69-102(106)103-70-97(57-63-107(103)145)122-136-114(84-34-13-3-14-35-84)131-115(137-122)85-36-15-4-16-37-85)144-126(143-120)101-61-55-94(91-47-26-29-80(67-91)77-129)74-111(101)146-108-64-58-98(123-138-116(86-38-17-5-18-39-86)132-117(139-123)87-40-19-6-20-41-87)71-104(108)105-72-99(59-65-109(105)146)124-140-118(88-42-21-7-22-43-88)133-119(141-124)89-44-23-8-24-45-89/h1-74H. The van der Waals surface area contributed by atoms with Crippen LogP contribution in [-0.2, 0) is 0 Å². The molecular formula is C126H74N20. The summed E-state index contributed by atoms with van der Waals surface area (Å²) in [6, 6.07) is 155. The van der Waals surface area contributed by atoms with Gasteiger partial charge >= 0.3 is 0 Å². The van der Waals surface area contributed by atoms with Crippen LogP contribution in [0.4, 0.5) is 0 Å². The Kier molecular flexibility index (Phi) is 22.2. The van der Waals surface area contributed by atoms with Crippen molar-refractivity contribution in [3.05, 3.63) is 466 Å². The Morgan fingerprint density at radius 3 is 0.589 bits per heavy atom. The molecule has 0 aliphatic heterocycles. The van der Waals surface area contributed by atoms with Crippen molar-refractivity contribution in [3.63, 3.8) is 0 Å². The molecule has 0 amide bonds. The molecule has 0 atom stereocenters. The van der Waals surface area contributed by atoms with Crippen LogP contribution >= 0.6 is 0 Å². The van der Waals surface area contributed by atoms with Gasteiger partial charge in [0.15, 0.2) is 87.4 Å². The van der Waals surface area contributed by atoms with Crippen LogP contribution < -0.4 is 0 Å². The van der Waals surface area contributed by atoms with Crippen molar-refractivity contribution in [1.82, 2.24) is 83.9 Å². The number of nitrogens with zero attached hydrogens (tertiary/aromatic N) is 20. The predicted octanol–water partition coefficient (Wildman–Crippen LogP) is 28.4. The topological polar surface area (TPSA) is 275 Å². The third-order valence-corrected chi connectivity index (χ3v) is 26.1. The second-order valence-electron chi connectivity index (χ2n) is 35.2. The lowest BCUT2D eigenvalue weighted by atomic mass is 9.99. The van der Waals surface area contributed by atoms with Gasteiger partial charge in [0.05, 0.1) is 68.3 Å². The molecule has 20 heteroatoms. The Hall–Kier alpha value is -20.9. The van der Waals surface area contributed by atoms with Crippen LogP contribution in [0.1, 0.15) is 16.7 Å².